The van der Waals surface area contributed by atoms with Crippen LogP contribution in [0.4, 0.5) is 21.5 Å². The predicted octanol–water partition coefficient (Wildman–Crippen LogP) is 5.09. The topological polar surface area (TPSA) is 81.7 Å². The van der Waals surface area contributed by atoms with Crippen molar-refractivity contribution in [2.45, 2.75) is 12.5 Å². The number of fused-ring (bicyclic) bond motifs is 1. The van der Waals surface area contributed by atoms with Crippen LogP contribution in [0.2, 0.25) is 0 Å². The molecule has 3 N–H and O–H groups in total. The smallest absolute Gasteiger partial charge is 0.305 e. The summed E-state index contributed by atoms with van der Waals surface area (Å²) in [6.45, 7) is 0.435. The summed E-state index contributed by atoms with van der Waals surface area (Å²) < 4.78 is 14.6. The number of carbonyl (C=O) groups is 2. The second-order valence-electron chi connectivity index (χ2n) is 7.11. The van der Waals surface area contributed by atoms with Gasteiger partial charge < -0.3 is 20.6 Å². The molecule has 6 nitrogen and oxygen atoms in total. The molecule has 0 bridgehead atoms. The molecular formula is C23H19FIN3O3. The normalized spacial score (nSPS) is 13.3. The highest BCUT2D eigenvalue weighted by atomic mass is 127. The third kappa shape index (κ3) is 4.48. The number of benzene rings is 3. The highest BCUT2D eigenvalue weighted by molar-refractivity contribution is 14.1. The third-order valence-corrected chi connectivity index (χ3v) is 6.02. The van der Waals surface area contributed by atoms with E-state index in [0.717, 1.165) is 16.9 Å². The van der Waals surface area contributed by atoms with E-state index in [1.165, 1.54) is 6.07 Å². The van der Waals surface area contributed by atoms with Gasteiger partial charge in [-0.2, -0.15) is 0 Å². The molecule has 3 aromatic carbocycles. The van der Waals surface area contributed by atoms with Gasteiger partial charge in [0.05, 0.1) is 36.1 Å². The van der Waals surface area contributed by atoms with Gasteiger partial charge in [0.15, 0.2) is 0 Å². The summed E-state index contributed by atoms with van der Waals surface area (Å²) in [5, 5.41) is 15.4. The lowest BCUT2D eigenvalue weighted by molar-refractivity contribution is -0.137. The molecule has 1 amide bonds. The van der Waals surface area contributed by atoms with Gasteiger partial charge in [-0.25, -0.2) is 4.39 Å². The number of halogens is 2. The Kier molecular flexibility index (Phi) is 6.08. The summed E-state index contributed by atoms with van der Waals surface area (Å²) in [5.41, 5.74) is 3.04. The van der Waals surface area contributed by atoms with E-state index in [-0.39, 0.29) is 18.0 Å². The van der Waals surface area contributed by atoms with E-state index in [1.807, 2.05) is 63.9 Å². The van der Waals surface area contributed by atoms with Crippen molar-refractivity contribution in [2.24, 2.45) is 0 Å². The molecule has 8 heteroatoms. The van der Waals surface area contributed by atoms with Crippen LogP contribution in [0.3, 0.4) is 0 Å². The Morgan fingerprint density at radius 2 is 1.90 bits per heavy atom. The first kappa shape index (κ1) is 21.1. The Hall–Kier alpha value is -3.14. The quantitative estimate of drug-likeness (QED) is 0.387. The average molecular weight is 531 g/mol. The standard InChI is InChI=1S/C23H19FIN3O3/c24-16-7-4-8-17(25)22(16)23(31)27-15-9-10-19-18(11-15)26-13-28(19)20(12-21(29)30)14-5-2-1-3-6-14/h1-11,20,26H,12-13H2,(H,27,31)(H,29,30). The zero-order chi connectivity index (χ0) is 22.0. The molecule has 0 aliphatic carbocycles. The SMILES string of the molecule is O=C(O)CC(c1ccccc1)N1CNc2cc(NC(=O)c3c(F)cccc3I)ccc21. The van der Waals surface area contributed by atoms with E-state index in [0.29, 0.717) is 15.9 Å². The molecule has 158 valence electrons. The van der Waals surface area contributed by atoms with Gasteiger partial charge in [0, 0.05) is 9.26 Å². The van der Waals surface area contributed by atoms with Crippen molar-refractivity contribution < 1.29 is 19.1 Å². The van der Waals surface area contributed by atoms with Crippen LogP contribution >= 0.6 is 22.6 Å². The first-order chi connectivity index (χ1) is 14.9. The molecular weight excluding hydrogens is 512 g/mol. The molecule has 1 unspecified atom stereocenters. The Bertz CT molecular complexity index is 1120. The minimum Gasteiger partial charge on any atom is -0.481 e. The Morgan fingerprint density at radius 3 is 2.61 bits per heavy atom. The summed E-state index contributed by atoms with van der Waals surface area (Å²) >= 11 is 1.93. The molecule has 0 radical (unpaired) electrons. The lowest BCUT2D eigenvalue weighted by Crippen LogP contribution is -2.30. The zero-order valence-electron chi connectivity index (χ0n) is 16.3. The molecule has 1 atom stereocenters. The molecule has 3 aromatic rings. The van der Waals surface area contributed by atoms with Crippen molar-refractivity contribution in [2.75, 3.05) is 22.2 Å². The lowest BCUT2D eigenvalue weighted by Gasteiger charge is -2.28. The van der Waals surface area contributed by atoms with E-state index in [2.05, 4.69) is 10.6 Å². The van der Waals surface area contributed by atoms with Crippen LogP contribution in [-0.4, -0.2) is 23.7 Å². The number of carbonyl (C=O) groups excluding carboxylic acids is 1. The van der Waals surface area contributed by atoms with Crippen molar-refractivity contribution in [3.05, 3.63) is 87.2 Å². The van der Waals surface area contributed by atoms with Crippen LogP contribution in [0.25, 0.3) is 0 Å². The van der Waals surface area contributed by atoms with Crippen molar-refractivity contribution in [3.63, 3.8) is 0 Å². The maximum Gasteiger partial charge on any atom is 0.305 e. The molecule has 1 aliphatic rings. The molecule has 0 aromatic heterocycles. The van der Waals surface area contributed by atoms with Crippen LogP contribution < -0.4 is 15.5 Å². The Morgan fingerprint density at radius 1 is 1.13 bits per heavy atom. The number of anilines is 3. The Labute approximate surface area is 192 Å². The van der Waals surface area contributed by atoms with E-state index in [1.54, 1.807) is 24.3 Å². The monoisotopic (exact) mass is 531 g/mol. The molecule has 4 rings (SSSR count). The molecule has 0 saturated carbocycles. The van der Waals surface area contributed by atoms with Gasteiger partial charge in [0.1, 0.15) is 5.82 Å². The largest absolute Gasteiger partial charge is 0.481 e. The summed E-state index contributed by atoms with van der Waals surface area (Å²) in [4.78, 5) is 26.1. The zero-order valence-corrected chi connectivity index (χ0v) is 18.5. The molecule has 31 heavy (non-hydrogen) atoms. The van der Waals surface area contributed by atoms with Crippen molar-refractivity contribution in [3.8, 4) is 0 Å². The summed E-state index contributed by atoms with van der Waals surface area (Å²) in [5.74, 6) is -1.98. The number of hydrogen-bond acceptors (Lipinski definition) is 4. The Balaban J connectivity index is 1.59. The summed E-state index contributed by atoms with van der Waals surface area (Å²) in [6.07, 6.45) is -0.0463. The van der Waals surface area contributed by atoms with Crippen LogP contribution in [0, 0.1) is 9.39 Å². The second kappa shape index (κ2) is 8.93. The minimum absolute atomic E-state index is 0.00350. The van der Waals surface area contributed by atoms with Gasteiger partial charge in [0.2, 0.25) is 0 Å². The number of rotatable bonds is 6. The number of amides is 1. The van der Waals surface area contributed by atoms with E-state index in [4.69, 9.17) is 0 Å². The highest BCUT2D eigenvalue weighted by Gasteiger charge is 2.29. The number of carboxylic acid groups (broad SMARTS) is 1. The van der Waals surface area contributed by atoms with Crippen molar-refractivity contribution in [1.82, 2.24) is 0 Å². The van der Waals surface area contributed by atoms with Crippen LogP contribution in [-0.2, 0) is 4.79 Å². The maximum absolute atomic E-state index is 14.1. The summed E-state index contributed by atoms with van der Waals surface area (Å²) in [6, 6.07) is 19.0. The average Bonchev–Trinajstić information content (AvgIpc) is 3.15. The number of nitrogens with zero attached hydrogens (tertiary/aromatic N) is 1. The van der Waals surface area contributed by atoms with Gasteiger partial charge in [-0.3, -0.25) is 9.59 Å². The van der Waals surface area contributed by atoms with Gasteiger partial charge >= 0.3 is 5.97 Å². The molecule has 0 fully saturated rings. The molecule has 0 spiro atoms. The highest BCUT2D eigenvalue weighted by Crippen LogP contribution is 2.40. The van der Waals surface area contributed by atoms with E-state index in [9.17, 15) is 19.1 Å². The molecule has 1 heterocycles. The van der Waals surface area contributed by atoms with Crippen LogP contribution in [0.5, 0.6) is 0 Å². The predicted molar refractivity (Wildman–Crippen MR) is 126 cm³/mol. The maximum atomic E-state index is 14.1. The van der Waals surface area contributed by atoms with Gasteiger partial charge in [-0.15, -0.1) is 0 Å². The van der Waals surface area contributed by atoms with Gasteiger partial charge in [-0.1, -0.05) is 36.4 Å². The van der Waals surface area contributed by atoms with Crippen molar-refractivity contribution in [1.29, 1.82) is 0 Å². The number of hydrogen-bond donors (Lipinski definition) is 3. The van der Waals surface area contributed by atoms with Gasteiger partial charge in [-0.05, 0) is 58.5 Å². The number of nitrogens with one attached hydrogen (secondary N) is 2. The fourth-order valence-electron chi connectivity index (χ4n) is 3.70. The van der Waals surface area contributed by atoms with Gasteiger partial charge in [0.25, 0.3) is 5.91 Å². The van der Waals surface area contributed by atoms with E-state index < -0.39 is 17.7 Å². The van der Waals surface area contributed by atoms with Crippen LogP contribution in [0.1, 0.15) is 28.4 Å². The molecule has 1 aliphatic heterocycles. The third-order valence-electron chi connectivity index (χ3n) is 5.12. The molecule has 0 saturated heterocycles. The second-order valence-corrected chi connectivity index (χ2v) is 8.27. The van der Waals surface area contributed by atoms with Crippen LogP contribution in [0.15, 0.2) is 66.7 Å². The van der Waals surface area contributed by atoms with Crippen molar-refractivity contribution >= 4 is 51.5 Å². The number of carboxylic acids is 1. The van der Waals surface area contributed by atoms with E-state index >= 15 is 0 Å². The first-order valence-electron chi connectivity index (χ1n) is 9.60. The fraction of sp³-hybridized carbons (Fsp3) is 0.130. The summed E-state index contributed by atoms with van der Waals surface area (Å²) in [7, 11) is 0. The number of aliphatic carboxylic acids is 1. The first-order valence-corrected chi connectivity index (χ1v) is 10.7. The minimum atomic E-state index is -0.884. The fourth-order valence-corrected chi connectivity index (χ4v) is 4.41. The lowest BCUT2D eigenvalue weighted by atomic mass is 10.0.